The van der Waals surface area contributed by atoms with Gasteiger partial charge in [0.1, 0.15) is 5.01 Å². The third kappa shape index (κ3) is 3.83. The Balaban J connectivity index is 1.95. The SMILES string of the molecule is CC(C)c1csc(CSc2ccc(Br)cc2)n1. The van der Waals surface area contributed by atoms with E-state index in [0.717, 1.165) is 10.2 Å². The lowest BCUT2D eigenvalue weighted by Gasteiger charge is -2.00. The summed E-state index contributed by atoms with van der Waals surface area (Å²) in [5, 5.41) is 3.38. The molecule has 1 aromatic carbocycles. The van der Waals surface area contributed by atoms with E-state index in [0.29, 0.717) is 5.92 Å². The van der Waals surface area contributed by atoms with Gasteiger partial charge in [0.05, 0.1) is 11.4 Å². The molecule has 1 aromatic heterocycles. The highest BCUT2D eigenvalue weighted by molar-refractivity contribution is 9.10. The second-order valence-corrected chi connectivity index (χ2v) is 6.97. The van der Waals surface area contributed by atoms with Crippen LogP contribution in [0, 0.1) is 0 Å². The molecule has 0 aliphatic heterocycles. The molecule has 0 fully saturated rings. The lowest BCUT2D eigenvalue weighted by Crippen LogP contribution is -1.87. The minimum absolute atomic E-state index is 0.526. The van der Waals surface area contributed by atoms with Crippen LogP contribution in [-0.4, -0.2) is 4.98 Å². The Morgan fingerprint density at radius 3 is 2.59 bits per heavy atom. The number of aromatic nitrogens is 1. The van der Waals surface area contributed by atoms with E-state index < -0.39 is 0 Å². The number of hydrogen-bond acceptors (Lipinski definition) is 3. The molecular formula is C13H14BrNS2. The van der Waals surface area contributed by atoms with Crippen LogP contribution in [0.4, 0.5) is 0 Å². The molecule has 1 heterocycles. The first kappa shape index (κ1) is 13.1. The van der Waals surface area contributed by atoms with Crippen molar-refractivity contribution >= 4 is 39.0 Å². The molecule has 0 aliphatic rings. The summed E-state index contributed by atoms with van der Waals surface area (Å²) < 4.78 is 1.12. The van der Waals surface area contributed by atoms with Gasteiger partial charge in [-0.25, -0.2) is 4.98 Å². The summed E-state index contributed by atoms with van der Waals surface area (Å²) in [6.07, 6.45) is 0. The molecule has 0 aliphatic carbocycles. The summed E-state index contributed by atoms with van der Waals surface area (Å²) in [6.45, 7) is 4.36. The lowest BCUT2D eigenvalue weighted by molar-refractivity contribution is 0.828. The summed E-state index contributed by atoms with van der Waals surface area (Å²) in [5.41, 5.74) is 1.21. The van der Waals surface area contributed by atoms with E-state index in [1.807, 2.05) is 11.8 Å². The molecule has 1 nitrogen and oxygen atoms in total. The molecule has 0 amide bonds. The highest BCUT2D eigenvalue weighted by Gasteiger charge is 2.05. The molecule has 90 valence electrons. The quantitative estimate of drug-likeness (QED) is 0.704. The van der Waals surface area contributed by atoms with Crippen molar-refractivity contribution in [3.63, 3.8) is 0 Å². The molecule has 0 spiro atoms. The third-order valence-corrected chi connectivity index (χ3v) is 4.94. The van der Waals surface area contributed by atoms with Gasteiger partial charge in [-0.05, 0) is 30.2 Å². The Morgan fingerprint density at radius 2 is 2.00 bits per heavy atom. The van der Waals surface area contributed by atoms with Crippen molar-refractivity contribution in [3.8, 4) is 0 Å². The molecular weight excluding hydrogens is 314 g/mol. The van der Waals surface area contributed by atoms with E-state index in [-0.39, 0.29) is 0 Å². The van der Waals surface area contributed by atoms with Gasteiger partial charge in [-0.15, -0.1) is 23.1 Å². The van der Waals surface area contributed by atoms with Crippen molar-refractivity contribution in [2.75, 3.05) is 0 Å². The molecule has 0 saturated heterocycles. The molecule has 0 atom stereocenters. The predicted molar refractivity (Wildman–Crippen MR) is 79.9 cm³/mol. The highest BCUT2D eigenvalue weighted by atomic mass is 79.9. The maximum atomic E-state index is 4.63. The largest absolute Gasteiger partial charge is 0.245 e. The van der Waals surface area contributed by atoms with Crippen LogP contribution in [0.2, 0.25) is 0 Å². The fourth-order valence-corrected chi connectivity index (χ4v) is 3.47. The van der Waals surface area contributed by atoms with Crippen LogP contribution in [0.25, 0.3) is 0 Å². The van der Waals surface area contributed by atoms with Crippen molar-refractivity contribution in [3.05, 3.63) is 44.8 Å². The topological polar surface area (TPSA) is 12.9 Å². The zero-order valence-electron chi connectivity index (χ0n) is 9.81. The van der Waals surface area contributed by atoms with Crippen molar-refractivity contribution < 1.29 is 0 Å². The van der Waals surface area contributed by atoms with Gasteiger partial charge in [-0.3, -0.25) is 0 Å². The van der Waals surface area contributed by atoms with Crippen LogP contribution in [0.15, 0.2) is 39.0 Å². The molecule has 0 bridgehead atoms. The Kier molecular flexibility index (Phi) is 4.65. The highest BCUT2D eigenvalue weighted by Crippen LogP contribution is 2.27. The summed E-state index contributed by atoms with van der Waals surface area (Å²) in [5.74, 6) is 1.48. The van der Waals surface area contributed by atoms with E-state index in [9.17, 15) is 0 Å². The number of thiazole rings is 1. The van der Waals surface area contributed by atoms with Crippen molar-refractivity contribution in [2.45, 2.75) is 30.4 Å². The molecule has 4 heteroatoms. The molecule has 2 aromatic rings. The fraction of sp³-hybridized carbons (Fsp3) is 0.308. The van der Waals surface area contributed by atoms with Gasteiger partial charge in [-0.1, -0.05) is 29.8 Å². The fourth-order valence-electron chi connectivity index (χ4n) is 1.33. The minimum Gasteiger partial charge on any atom is -0.245 e. The third-order valence-electron chi connectivity index (χ3n) is 2.34. The second kappa shape index (κ2) is 6.03. The van der Waals surface area contributed by atoms with E-state index >= 15 is 0 Å². The number of benzene rings is 1. The standard InChI is InChI=1S/C13H14BrNS2/c1-9(2)12-7-17-13(15-12)8-16-11-5-3-10(14)4-6-11/h3-7,9H,8H2,1-2H3. The monoisotopic (exact) mass is 327 g/mol. The first-order valence-electron chi connectivity index (χ1n) is 5.48. The Labute approximate surface area is 119 Å². The summed E-state index contributed by atoms with van der Waals surface area (Å²) in [7, 11) is 0. The van der Waals surface area contributed by atoms with Crippen LogP contribution in [0.3, 0.4) is 0 Å². The van der Waals surface area contributed by atoms with Crippen molar-refractivity contribution in [1.29, 1.82) is 0 Å². The number of hydrogen-bond donors (Lipinski definition) is 0. The predicted octanol–water partition coefficient (Wildman–Crippen LogP) is 5.32. The molecule has 0 unspecified atom stereocenters. The average Bonchev–Trinajstić information content (AvgIpc) is 2.77. The first-order chi connectivity index (χ1) is 8.15. The van der Waals surface area contributed by atoms with E-state index in [1.165, 1.54) is 15.6 Å². The van der Waals surface area contributed by atoms with Gasteiger partial charge in [0.25, 0.3) is 0 Å². The van der Waals surface area contributed by atoms with Gasteiger partial charge < -0.3 is 0 Å². The number of nitrogens with zero attached hydrogens (tertiary/aromatic N) is 1. The maximum Gasteiger partial charge on any atom is 0.103 e. The molecule has 2 rings (SSSR count). The van der Waals surface area contributed by atoms with E-state index in [2.05, 4.69) is 64.4 Å². The van der Waals surface area contributed by atoms with Gasteiger partial charge in [0, 0.05) is 14.7 Å². The van der Waals surface area contributed by atoms with Crippen LogP contribution < -0.4 is 0 Å². The van der Waals surface area contributed by atoms with Gasteiger partial charge in [0.2, 0.25) is 0 Å². The van der Waals surface area contributed by atoms with Crippen molar-refractivity contribution in [1.82, 2.24) is 4.98 Å². The van der Waals surface area contributed by atoms with Crippen molar-refractivity contribution in [2.24, 2.45) is 0 Å². The molecule has 0 saturated carbocycles. The average molecular weight is 328 g/mol. The number of halogens is 1. The normalized spacial score (nSPS) is 11.1. The Bertz CT molecular complexity index is 476. The van der Waals surface area contributed by atoms with Crippen LogP contribution >= 0.6 is 39.0 Å². The smallest absolute Gasteiger partial charge is 0.103 e. The summed E-state index contributed by atoms with van der Waals surface area (Å²) >= 11 is 7.03. The van der Waals surface area contributed by atoms with Crippen LogP contribution in [0.5, 0.6) is 0 Å². The van der Waals surface area contributed by atoms with Gasteiger partial charge in [0.15, 0.2) is 0 Å². The number of thioether (sulfide) groups is 1. The first-order valence-corrected chi connectivity index (χ1v) is 8.13. The zero-order chi connectivity index (χ0) is 12.3. The van der Waals surface area contributed by atoms with Crippen LogP contribution in [0.1, 0.15) is 30.5 Å². The summed E-state index contributed by atoms with van der Waals surface area (Å²) in [6, 6.07) is 8.41. The molecule has 17 heavy (non-hydrogen) atoms. The maximum absolute atomic E-state index is 4.63. The van der Waals surface area contributed by atoms with Crippen LogP contribution in [-0.2, 0) is 5.75 Å². The van der Waals surface area contributed by atoms with Gasteiger partial charge in [-0.2, -0.15) is 0 Å². The molecule has 0 N–H and O–H groups in total. The molecule has 0 radical (unpaired) electrons. The van der Waals surface area contributed by atoms with E-state index in [4.69, 9.17) is 0 Å². The Hall–Kier alpha value is -0.320. The Morgan fingerprint density at radius 1 is 1.29 bits per heavy atom. The van der Waals surface area contributed by atoms with Gasteiger partial charge >= 0.3 is 0 Å². The second-order valence-electron chi connectivity index (χ2n) is 4.06. The summed E-state index contributed by atoms with van der Waals surface area (Å²) in [4.78, 5) is 5.92. The minimum atomic E-state index is 0.526. The van der Waals surface area contributed by atoms with E-state index in [1.54, 1.807) is 11.3 Å². The zero-order valence-corrected chi connectivity index (χ0v) is 13.0. The number of rotatable bonds is 4. The lowest BCUT2D eigenvalue weighted by atomic mass is 10.2.